The Kier molecular flexibility index (Phi) is 5.10. The van der Waals surface area contributed by atoms with Crippen molar-refractivity contribution < 1.29 is 9.53 Å². The summed E-state index contributed by atoms with van der Waals surface area (Å²) in [4.78, 5) is 21.8. The van der Waals surface area contributed by atoms with E-state index < -0.39 is 0 Å². The first-order valence-electron chi connectivity index (χ1n) is 8.89. The van der Waals surface area contributed by atoms with Gasteiger partial charge in [0.2, 0.25) is 0 Å². The Labute approximate surface area is 152 Å². The SMILES string of the molecule is O=C(c1ccsc1)N1CCC[C@@H]1c1ccc(CN2CCOCC2)cn1. The van der Waals surface area contributed by atoms with Gasteiger partial charge in [-0.25, -0.2) is 0 Å². The maximum Gasteiger partial charge on any atom is 0.255 e. The van der Waals surface area contributed by atoms with Crippen LogP contribution in [0.3, 0.4) is 0 Å². The Morgan fingerprint density at radius 2 is 2.12 bits per heavy atom. The number of likely N-dealkylation sites (tertiary alicyclic amines) is 1. The molecule has 0 saturated carbocycles. The monoisotopic (exact) mass is 357 g/mol. The van der Waals surface area contributed by atoms with Crippen LogP contribution in [0.1, 0.15) is 40.5 Å². The molecule has 0 N–H and O–H groups in total. The first kappa shape index (κ1) is 16.7. The van der Waals surface area contributed by atoms with Crippen molar-refractivity contribution in [3.63, 3.8) is 0 Å². The van der Waals surface area contributed by atoms with Crippen LogP contribution < -0.4 is 0 Å². The highest BCUT2D eigenvalue weighted by atomic mass is 32.1. The summed E-state index contributed by atoms with van der Waals surface area (Å²) in [5, 5.41) is 3.88. The standard InChI is InChI=1S/C19H23N3O2S/c23-19(16-5-11-25-14-16)22-6-1-2-18(22)17-4-3-15(12-20-17)13-21-7-9-24-10-8-21/h3-5,11-12,14,18H,1-2,6-10,13H2/t18-/m1/s1. The number of carbonyl (C=O) groups excluding carboxylic acids is 1. The zero-order chi connectivity index (χ0) is 17.1. The van der Waals surface area contributed by atoms with E-state index in [2.05, 4.69) is 17.0 Å². The van der Waals surface area contributed by atoms with Gasteiger partial charge in [-0.1, -0.05) is 6.07 Å². The van der Waals surface area contributed by atoms with Gasteiger partial charge in [0.15, 0.2) is 0 Å². The summed E-state index contributed by atoms with van der Waals surface area (Å²) in [7, 11) is 0. The fourth-order valence-corrected chi connectivity index (χ4v) is 4.24. The molecule has 132 valence electrons. The second kappa shape index (κ2) is 7.64. The number of pyridine rings is 1. The minimum absolute atomic E-state index is 0.102. The molecule has 0 aromatic carbocycles. The number of thiophene rings is 1. The van der Waals surface area contributed by atoms with Gasteiger partial charge in [0.05, 0.1) is 30.5 Å². The number of aromatic nitrogens is 1. The predicted molar refractivity (Wildman–Crippen MR) is 97.7 cm³/mol. The van der Waals surface area contributed by atoms with Gasteiger partial charge in [-0.2, -0.15) is 11.3 Å². The molecule has 25 heavy (non-hydrogen) atoms. The molecular weight excluding hydrogens is 334 g/mol. The van der Waals surface area contributed by atoms with Crippen molar-refractivity contribution in [3.8, 4) is 0 Å². The Bertz CT molecular complexity index is 696. The Morgan fingerprint density at radius 3 is 2.84 bits per heavy atom. The summed E-state index contributed by atoms with van der Waals surface area (Å²) in [5.74, 6) is 0.128. The average Bonchev–Trinajstić information content (AvgIpc) is 3.35. The first-order chi connectivity index (χ1) is 12.3. The molecule has 6 heteroatoms. The molecule has 0 spiro atoms. The molecule has 0 bridgehead atoms. The summed E-state index contributed by atoms with van der Waals surface area (Å²) in [6, 6.07) is 6.26. The smallest absolute Gasteiger partial charge is 0.255 e. The third-order valence-electron chi connectivity index (χ3n) is 4.98. The molecule has 0 radical (unpaired) electrons. The molecule has 2 fully saturated rings. The predicted octanol–water partition coefficient (Wildman–Crippen LogP) is 2.95. The normalized spacial score (nSPS) is 21.6. The summed E-state index contributed by atoms with van der Waals surface area (Å²) >= 11 is 1.57. The van der Waals surface area contributed by atoms with Gasteiger partial charge in [0, 0.05) is 37.8 Å². The number of amides is 1. The van der Waals surface area contributed by atoms with E-state index >= 15 is 0 Å². The molecule has 2 aliphatic heterocycles. The molecule has 2 aliphatic rings. The van der Waals surface area contributed by atoms with Crippen LogP contribution in [-0.4, -0.2) is 53.5 Å². The van der Waals surface area contributed by atoms with Crippen molar-refractivity contribution in [1.29, 1.82) is 0 Å². The van der Waals surface area contributed by atoms with Crippen LogP contribution in [0.25, 0.3) is 0 Å². The summed E-state index contributed by atoms with van der Waals surface area (Å²) in [6.07, 6.45) is 4.00. The topological polar surface area (TPSA) is 45.7 Å². The van der Waals surface area contributed by atoms with E-state index in [-0.39, 0.29) is 11.9 Å². The van der Waals surface area contributed by atoms with Gasteiger partial charge in [-0.3, -0.25) is 14.7 Å². The molecule has 0 aliphatic carbocycles. The first-order valence-corrected chi connectivity index (χ1v) is 9.83. The van der Waals surface area contributed by atoms with Crippen LogP contribution in [0.15, 0.2) is 35.2 Å². The molecule has 2 aromatic rings. The Hall–Kier alpha value is -1.76. The summed E-state index contributed by atoms with van der Waals surface area (Å²) < 4.78 is 5.39. The molecule has 4 rings (SSSR count). The molecule has 1 atom stereocenters. The zero-order valence-electron chi connectivity index (χ0n) is 14.3. The minimum Gasteiger partial charge on any atom is -0.379 e. The highest BCUT2D eigenvalue weighted by Crippen LogP contribution is 2.32. The van der Waals surface area contributed by atoms with E-state index in [0.29, 0.717) is 0 Å². The third kappa shape index (κ3) is 3.76. The van der Waals surface area contributed by atoms with Crippen LogP contribution >= 0.6 is 11.3 Å². The fourth-order valence-electron chi connectivity index (χ4n) is 3.61. The van der Waals surface area contributed by atoms with E-state index in [1.165, 1.54) is 5.56 Å². The fraction of sp³-hybridized carbons (Fsp3) is 0.474. The number of carbonyl (C=O) groups is 1. The number of ether oxygens (including phenoxy) is 1. The molecule has 1 amide bonds. The van der Waals surface area contributed by atoms with Crippen molar-refractivity contribution >= 4 is 17.2 Å². The van der Waals surface area contributed by atoms with Crippen molar-refractivity contribution in [3.05, 3.63) is 52.0 Å². The van der Waals surface area contributed by atoms with Crippen LogP contribution in [0.5, 0.6) is 0 Å². The average molecular weight is 357 g/mol. The maximum atomic E-state index is 12.7. The van der Waals surface area contributed by atoms with Gasteiger partial charge >= 0.3 is 0 Å². The summed E-state index contributed by atoms with van der Waals surface area (Å²) in [5.41, 5.74) is 3.02. The largest absolute Gasteiger partial charge is 0.379 e. The quantitative estimate of drug-likeness (QED) is 0.844. The zero-order valence-corrected chi connectivity index (χ0v) is 15.1. The van der Waals surface area contributed by atoms with Crippen LogP contribution in [0.4, 0.5) is 0 Å². The number of hydrogen-bond donors (Lipinski definition) is 0. The van der Waals surface area contributed by atoms with Gasteiger partial charge in [-0.05, 0) is 35.9 Å². The molecule has 0 unspecified atom stereocenters. The van der Waals surface area contributed by atoms with Gasteiger partial charge in [-0.15, -0.1) is 0 Å². The van der Waals surface area contributed by atoms with Crippen molar-refractivity contribution in [2.75, 3.05) is 32.8 Å². The van der Waals surface area contributed by atoms with E-state index in [1.54, 1.807) is 11.3 Å². The van der Waals surface area contributed by atoms with Crippen LogP contribution in [0, 0.1) is 0 Å². The molecule has 2 saturated heterocycles. The minimum atomic E-state index is 0.102. The lowest BCUT2D eigenvalue weighted by Gasteiger charge is -2.27. The molecule has 5 nitrogen and oxygen atoms in total. The highest BCUT2D eigenvalue weighted by Gasteiger charge is 2.31. The van der Waals surface area contributed by atoms with Crippen molar-refractivity contribution in [1.82, 2.24) is 14.8 Å². The molecule has 2 aromatic heterocycles. The number of morpholine rings is 1. The second-order valence-corrected chi connectivity index (χ2v) is 7.43. The van der Waals surface area contributed by atoms with Gasteiger partial charge < -0.3 is 9.64 Å². The Morgan fingerprint density at radius 1 is 1.24 bits per heavy atom. The van der Waals surface area contributed by atoms with Crippen molar-refractivity contribution in [2.24, 2.45) is 0 Å². The third-order valence-corrected chi connectivity index (χ3v) is 5.66. The number of nitrogens with zero attached hydrogens (tertiary/aromatic N) is 3. The second-order valence-electron chi connectivity index (χ2n) is 6.65. The summed E-state index contributed by atoms with van der Waals surface area (Å²) in [6.45, 7) is 5.32. The molecular formula is C19H23N3O2S. The van der Waals surface area contributed by atoms with E-state index in [0.717, 1.165) is 63.5 Å². The van der Waals surface area contributed by atoms with Crippen LogP contribution in [0.2, 0.25) is 0 Å². The van der Waals surface area contributed by atoms with Gasteiger partial charge in [0.1, 0.15) is 0 Å². The van der Waals surface area contributed by atoms with Gasteiger partial charge in [0.25, 0.3) is 5.91 Å². The van der Waals surface area contributed by atoms with Crippen LogP contribution in [-0.2, 0) is 11.3 Å². The maximum absolute atomic E-state index is 12.7. The lowest BCUT2D eigenvalue weighted by atomic mass is 10.1. The molecule has 4 heterocycles. The van der Waals surface area contributed by atoms with E-state index in [9.17, 15) is 4.79 Å². The lowest BCUT2D eigenvalue weighted by molar-refractivity contribution is 0.0341. The number of rotatable bonds is 4. The highest BCUT2D eigenvalue weighted by molar-refractivity contribution is 7.08. The Balaban J connectivity index is 1.44. The number of hydrogen-bond acceptors (Lipinski definition) is 5. The van der Waals surface area contributed by atoms with E-state index in [4.69, 9.17) is 9.72 Å². The van der Waals surface area contributed by atoms with Crippen molar-refractivity contribution in [2.45, 2.75) is 25.4 Å². The lowest BCUT2D eigenvalue weighted by Crippen LogP contribution is -2.35. The van der Waals surface area contributed by atoms with E-state index in [1.807, 2.05) is 27.9 Å².